The van der Waals surface area contributed by atoms with Gasteiger partial charge >= 0.3 is 12.1 Å². The third kappa shape index (κ3) is 4.66. The first kappa shape index (κ1) is 23.5. The van der Waals surface area contributed by atoms with Gasteiger partial charge in [0.05, 0.1) is 11.1 Å². The number of anilines is 1. The average Bonchev–Trinajstić information content (AvgIpc) is 3.07. The average molecular weight is 473 g/mol. The Balaban J connectivity index is 1.46. The van der Waals surface area contributed by atoms with Crippen LogP contribution in [-0.4, -0.2) is 40.7 Å². The van der Waals surface area contributed by atoms with Gasteiger partial charge in [0.15, 0.2) is 0 Å². The minimum Gasteiger partial charge on any atom is -0.348 e. The molecule has 1 saturated carbocycles. The molecule has 2 aromatic rings. The highest BCUT2D eigenvalue weighted by molar-refractivity contribution is 6.22. The van der Waals surface area contributed by atoms with Gasteiger partial charge in [-0.05, 0) is 42.7 Å². The summed E-state index contributed by atoms with van der Waals surface area (Å²) in [5, 5.41) is 4.37. The van der Waals surface area contributed by atoms with Crippen LogP contribution in [0.15, 0.2) is 42.5 Å². The number of nitrogens with zero attached hydrogens (tertiary/aromatic N) is 1. The summed E-state index contributed by atoms with van der Waals surface area (Å²) < 4.78 is 37.7. The van der Waals surface area contributed by atoms with E-state index in [1.165, 1.54) is 41.3 Å². The van der Waals surface area contributed by atoms with Gasteiger partial charge in [0.2, 0.25) is 0 Å². The van der Waals surface area contributed by atoms with Crippen LogP contribution in [-0.2, 0) is 11.3 Å². The maximum Gasteiger partial charge on any atom is 0.471 e. The number of carbonyl (C=O) groups excluding carboxylic acids is 4. The summed E-state index contributed by atoms with van der Waals surface area (Å²) >= 11 is 0. The van der Waals surface area contributed by atoms with E-state index in [4.69, 9.17) is 0 Å². The molecule has 2 aliphatic rings. The van der Waals surface area contributed by atoms with Crippen molar-refractivity contribution in [1.29, 1.82) is 0 Å². The zero-order chi connectivity index (χ0) is 24.5. The molecule has 1 aliphatic heterocycles. The van der Waals surface area contributed by atoms with Crippen molar-refractivity contribution in [2.45, 2.75) is 50.9 Å². The first-order chi connectivity index (χ1) is 16.2. The number of carbonyl (C=O) groups is 4. The molecule has 178 valence electrons. The van der Waals surface area contributed by atoms with Crippen molar-refractivity contribution in [3.8, 4) is 0 Å². The molecule has 1 fully saturated rings. The minimum absolute atomic E-state index is 0.0806. The van der Waals surface area contributed by atoms with Gasteiger partial charge in [0.25, 0.3) is 17.7 Å². The Morgan fingerprint density at radius 3 is 2.32 bits per heavy atom. The fourth-order valence-corrected chi connectivity index (χ4v) is 4.34. The van der Waals surface area contributed by atoms with E-state index < -0.39 is 23.9 Å². The zero-order valence-electron chi connectivity index (χ0n) is 18.1. The Kier molecular flexibility index (Phi) is 6.41. The van der Waals surface area contributed by atoms with Crippen LogP contribution in [0.4, 0.5) is 18.9 Å². The van der Waals surface area contributed by atoms with Gasteiger partial charge in [-0.1, -0.05) is 37.5 Å². The monoisotopic (exact) mass is 473 g/mol. The van der Waals surface area contributed by atoms with Crippen molar-refractivity contribution >= 4 is 29.3 Å². The van der Waals surface area contributed by atoms with Crippen molar-refractivity contribution < 1.29 is 32.3 Å². The largest absolute Gasteiger partial charge is 0.471 e. The topological polar surface area (TPSA) is 95.6 Å². The Labute approximate surface area is 193 Å². The van der Waals surface area contributed by atoms with Crippen molar-refractivity contribution in [3.63, 3.8) is 0 Å². The SMILES string of the molecule is O=C(NCc1ccccc1NC(=O)C(F)(F)F)c1ccc2c(c1)C(=O)N(C1CCCCC1)C2=O. The molecular weight excluding hydrogens is 451 g/mol. The van der Waals surface area contributed by atoms with Gasteiger partial charge in [-0.3, -0.25) is 24.1 Å². The summed E-state index contributed by atoms with van der Waals surface area (Å²) in [6.45, 7) is -0.161. The molecule has 0 atom stereocenters. The van der Waals surface area contributed by atoms with Crippen LogP contribution in [0.5, 0.6) is 0 Å². The molecule has 2 N–H and O–H groups in total. The number of hydrogen-bond donors (Lipinski definition) is 2. The molecule has 34 heavy (non-hydrogen) atoms. The maximum atomic E-state index is 12.9. The van der Waals surface area contributed by atoms with Gasteiger partial charge in [-0.25, -0.2) is 0 Å². The summed E-state index contributed by atoms with van der Waals surface area (Å²) in [5.41, 5.74) is 0.753. The molecule has 2 aromatic carbocycles. The molecule has 4 rings (SSSR count). The van der Waals surface area contributed by atoms with E-state index in [2.05, 4.69) is 5.32 Å². The number of benzene rings is 2. The Hall–Kier alpha value is -3.69. The predicted molar refractivity (Wildman–Crippen MR) is 116 cm³/mol. The smallest absolute Gasteiger partial charge is 0.348 e. The number of amides is 4. The maximum absolute atomic E-state index is 12.9. The summed E-state index contributed by atoms with van der Waals surface area (Å²) in [6, 6.07) is 9.89. The standard InChI is InChI=1S/C24H22F3N3O4/c25-24(26,27)23(34)29-19-9-5-4-6-15(19)13-28-20(31)14-10-11-17-18(12-14)22(33)30(21(17)32)16-7-2-1-3-8-16/h4-6,9-12,16H,1-3,7-8,13H2,(H,28,31)(H,29,34). The number of hydrogen-bond acceptors (Lipinski definition) is 4. The molecule has 0 radical (unpaired) electrons. The molecule has 0 unspecified atom stereocenters. The first-order valence-electron chi connectivity index (χ1n) is 10.9. The predicted octanol–water partition coefficient (Wildman–Crippen LogP) is 4.05. The highest BCUT2D eigenvalue weighted by atomic mass is 19.4. The van der Waals surface area contributed by atoms with Crippen LogP contribution in [0.1, 0.15) is 68.7 Å². The quantitative estimate of drug-likeness (QED) is 0.641. The molecule has 0 aromatic heterocycles. The van der Waals surface area contributed by atoms with Gasteiger partial charge in [0.1, 0.15) is 0 Å². The van der Waals surface area contributed by atoms with Gasteiger partial charge < -0.3 is 10.6 Å². The fourth-order valence-electron chi connectivity index (χ4n) is 4.34. The van der Waals surface area contributed by atoms with Crippen LogP contribution in [0.2, 0.25) is 0 Å². The van der Waals surface area contributed by atoms with E-state index in [-0.39, 0.29) is 46.4 Å². The molecule has 10 heteroatoms. The minimum atomic E-state index is -5.05. The molecule has 1 heterocycles. The van der Waals surface area contributed by atoms with E-state index in [0.717, 1.165) is 32.1 Å². The first-order valence-corrected chi connectivity index (χ1v) is 10.9. The lowest BCUT2D eigenvalue weighted by Gasteiger charge is -2.29. The zero-order valence-corrected chi connectivity index (χ0v) is 18.1. The van der Waals surface area contributed by atoms with Crippen LogP contribution < -0.4 is 10.6 Å². The molecular formula is C24H22F3N3O4. The number of imide groups is 1. The van der Waals surface area contributed by atoms with Crippen LogP contribution in [0.3, 0.4) is 0 Å². The van der Waals surface area contributed by atoms with Crippen molar-refractivity contribution in [1.82, 2.24) is 10.2 Å². The number of fused-ring (bicyclic) bond motifs is 1. The van der Waals surface area contributed by atoms with E-state index in [1.807, 2.05) is 0 Å². The normalized spacial score (nSPS) is 16.4. The second-order valence-corrected chi connectivity index (χ2v) is 8.32. The molecule has 1 aliphatic carbocycles. The van der Waals surface area contributed by atoms with Gasteiger partial charge in [-0.15, -0.1) is 0 Å². The number of alkyl halides is 3. The second-order valence-electron chi connectivity index (χ2n) is 8.32. The van der Waals surface area contributed by atoms with Gasteiger partial charge in [0, 0.05) is 23.8 Å². The van der Waals surface area contributed by atoms with E-state index in [0.29, 0.717) is 0 Å². The number of para-hydroxylation sites is 1. The van der Waals surface area contributed by atoms with Crippen LogP contribution in [0.25, 0.3) is 0 Å². The fraction of sp³-hybridized carbons (Fsp3) is 0.333. The van der Waals surface area contributed by atoms with Crippen LogP contribution >= 0.6 is 0 Å². The molecule has 0 saturated heterocycles. The van der Waals surface area contributed by atoms with E-state index in [1.54, 1.807) is 11.4 Å². The molecule has 7 nitrogen and oxygen atoms in total. The number of rotatable bonds is 5. The van der Waals surface area contributed by atoms with Crippen molar-refractivity contribution in [2.24, 2.45) is 0 Å². The summed E-state index contributed by atoms with van der Waals surface area (Å²) in [7, 11) is 0. The van der Waals surface area contributed by atoms with Crippen molar-refractivity contribution in [2.75, 3.05) is 5.32 Å². The lowest BCUT2D eigenvalue weighted by atomic mass is 9.94. The van der Waals surface area contributed by atoms with E-state index in [9.17, 15) is 32.3 Å². The number of halogens is 3. The Morgan fingerprint density at radius 2 is 1.62 bits per heavy atom. The molecule has 0 spiro atoms. The Bertz CT molecular complexity index is 1160. The second kappa shape index (κ2) is 9.28. The van der Waals surface area contributed by atoms with E-state index >= 15 is 0 Å². The Morgan fingerprint density at radius 1 is 0.941 bits per heavy atom. The highest BCUT2D eigenvalue weighted by Crippen LogP contribution is 2.31. The lowest BCUT2D eigenvalue weighted by Crippen LogP contribution is -2.40. The summed E-state index contributed by atoms with van der Waals surface area (Å²) in [4.78, 5) is 51.0. The van der Waals surface area contributed by atoms with Gasteiger partial charge in [-0.2, -0.15) is 13.2 Å². The molecule has 0 bridgehead atoms. The highest BCUT2D eigenvalue weighted by Gasteiger charge is 2.41. The third-order valence-electron chi connectivity index (χ3n) is 6.08. The molecule has 4 amide bonds. The van der Waals surface area contributed by atoms with Crippen LogP contribution in [0, 0.1) is 0 Å². The number of nitrogens with one attached hydrogen (secondary N) is 2. The van der Waals surface area contributed by atoms with Crippen molar-refractivity contribution in [3.05, 3.63) is 64.7 Å². The summed E-state index contributed by atoms with van der Waals surface area (Å²) in [5.74, 6) is -3.46. The lowest BCUT2D eigenvalue weighted by molar-refractivity contribution is -0.167. The third-order valence-corrected chi connectivity index (χ3v) is 6.08. The summed E-state index contributed by atoms with van der Waals surface area (Å²) in [6.07, 6.45) is -0.525.